The van der Waals surface area contributed by atoms with Crippen LogP contribution in [0.25, 0.3) is 16.9 Å². The predicted octanol–water partition coefficient (Wildman–Crippen LogP) is 4.55. The molecule has 0 aliphatic rings. The van der Waals surface area contributed by atoms with Gasteiger partial charge in [0, 0.05) is 39.2 Å². The van der Waals surface area contributed by atoms with Gasteiger partial charge < -0.3 is 15.3 Å². The molecule has 0 saturated carbocycles. The average Bonchev–Trinajstić information content (AvgIpc) is 3.42. The second-order valence-corrected chi connectivity index (χ2v) is 8.05. The minimum Gasteiger partial charge on any atom is -0.364 e. The van der Waals surface area contributed by atoms with E-state index in [1.165, 1.54) is 11.3 Å². The number of carbonyl (C=O) groups is 2. The highest BCUT2D eigenvalue weighted by atomic mass is 35.5. The first-order valence-corrected chi connectivity index (χ1v) is 10.3. The topological polar surface area (TPSA) is 106 Å². The number of aromatic amines is 1. The summed E-state index contributed by atoms with van der Waals surface area (Å²) in [6, 6.07) is 10.9. The van der Waals surface area contributed by atoms with Crippen molar-refractivity contribution >= 4 is 39.9 Å². The fraction of sp³-hybridized carbons (Fsp3) is 0.0952. The number of rotatable bonds is 5. The molecular weight excluding hydrogens is 422 g/mol. The molecule has 0 fully saturated rings. The van der Waals surface area contributed by atoms with Crippen LogP contribution in [0.1, 0.15) is 32.2 Å². The predicted molar refractivity (Wildman–Crippen MR) is 119 cm³/mol. The number of halogens is 1. The summed E-state index contributed by atoms with van der Waals surface area (Å²) in [4.78, 5) is 31.4. The summed E-state index contributed by atoms with van der Waals surface area (Å²) >= 11 is 7.29. The van der Waals surface area contributed by atoms with Crippen molar-refractivity contribution in [3.63, 3.8) is 0 Å². The summed E-state index contributed by atoms with van der Waals surface area (Å²) in [5, 5.41) is 5.78. The van der Waals surface area contributed by atoms with Crippen LogP contribution in [-0.2, 0) is 0 Å². The van der Waals surface area contributed by atoms with Crippen molar-refractivity contribution in [3.8, 4) is 16.9 Å². The lowest BCUT2D eigenvalue weighted by Crippen LogP contribution is -2.13. The number of carbonyl (C=O) groups excluding carboxylic acids is 2. The van der Waals surface area contributed by atoms with Crippen LogP contribution < -0.4 is 11.1 Å². The number of aromatic nitrogens is 3. The summed E-state index contributed by atoms with van der Waals surface area (Å²) in [6.45, 7) is 3.84. The number of amides is 2. The maximum atomic E-state index is 12.9. The highest BCUT2D eigenvalue weighted by molar-refractivity contribution is 7.14. The number of aryl methyl sites for hydroxylation is 1. The minimum atomic E-state index is -0.541. The van der Waals surface area contributed by atoms with Gasteiger partial charge in [-0.15, -0.1) is 11.3 Å². The van der Waals surface area contributed by atoms with E-state index in [1.54, 1.807) is 17.6 Å². The van der Waals surface area contributed by atoms with E-state index in [0.29, 0.717) is 27.1 Å². The Morgan fingerprint density at radius 1 is 1.20 bits per heavy atom. The Hall–Kier alpha value is -3.36. The van der Waals surface area contributed by atoms with Gasteiger partial charge in [0.05, 0.1) is 11.3 Å². The normalized spacial score (nSPS) is 10.9. The largest absolute Gasteiger partial charge is 0.364 e. The Morgan fingerprint density at radius 3 is 2.60 bits per heavy atom. The van der Waals surface area contributed by atoms with E-state index >= 15 is 0 Å². The second kappa shape index (κ2) is 7.81. The molecule has 30 heavy (non-hydrogen) atoms. The molecule has 0 unspecified atom stereocenters. The Bertz CT molecular complexity index is 1250. The molecular formula is C21H18ClN5O2S. The zero-order chi connectivity index (χ0) is 21.4. The van der Waals surface area contributed by atoms with Crippen LogP contribution in [0.15, 0.2) is 48.0 Å². The molecule has 0 aliphatic heterocycles. The third-order valence-corrected chi connectivity index (χ3v) is 5.74. The van der Waals surface area contributed by atoms with Crippen molar-refractivity contribution in [3.05, 3.63) is 75.6 Å². The van der Waals surface area contributed by atoms with Gasteiger partial charge in [0.2, 0.25) is 0 Å². The van der Waals surface area contributed by atoms with Crippen molar-refractivity contribution in [2.75, 3.05) is 5.32 Å². The number of nitrogens with zero attached hydrogens (tertiary/aromatic N) is 2. The van der Waals surface area contributed by atoms with Gasteiger partial charge in [0.1, 0.15) is 5.69 Å². The van der Waals surface area contributed by atoms with Crippen LogP contribution >= 0.6 is 22.9 Å². The van der Waals surface area contributed by atoms with Crippen molar-refractivity contribution in [2.45, 2.75) is 13.8 Å². The highest BCUT2D eigenvalue weighted by Crippen LogP contribution is 2.27. The first-order valence-electron chi connectivity index (χ1n) is 9.04. The molecule has 4 rings (SSSR count). The summed E-state index contributed by atoms with van der Waals surface area (Å²) in [6.07, 6.45) is 1.65. The van der Waals surface area contributed by atoms with Gasteiger partial charge in [-0.25, -0.2) is 4.98 Å². The molecule has 152 valence electrons. The summed E-state index contributed by atoms with van der Waals surface area (Å²) in [7, 11) is 0. The average molecular weight is 440 g/mol. The molecule has 4 N–H and O–H groups in total. The van der Waals surface area contributed by atoms with E-state index in [2.05, 4.69) is 15.3 Å². The van der Waals surface area contributed by atoms with Gasteiger partial charge in [-0.3, -0.25) is 14.9 Å². The fourth-order valence-corrected chi connectivity index (χ4v) is 4.13. The van der Waals surface area contributed by atoms with Crippen LogP contribution in [0.5, 0.6) is 0 Å². The number of H-pyrrole nitrogens is 1. The summed E-state index contributed by atoms with van der Waals surface area (Å²) < 4.78 is 2.00. The molecule has 0 bridgehead atoms. The van der Waals surface area contributed by atoms with Crippen molar-refractivity contribution in [1.82, 2.24) is 14.5 Å². The molecule has 3 aromatic heterocycles. The Labute approximate surface area is 181 Å². The summed E-state index contributed by atoms with van der Waals surface area (Å²) in [5.41, 5.74) is 10.2. The molecule has 7 nitrogen and oxygen atoms in total. The van der Waals surface area contributed by atoms with Crippen LogP contribution in [-0.4, -0.2) is 26.3 Å². The number of primary amides is 1. The monoisotopic (exact) mass is 439 g/mol. The van der Waals surface area contributed by atoms with E-state index in [-0.39, 0.29) is 5.91 Å². The maximum Gasteiger partial charge on any atom is 0.265 e. The first-order chi connectivity index (χ1) is 14.3. The quantitative estimate of drug-likeness (QED) is 0.424. The third kappa shape index (κ3) is 3.74. The molecule has 0 aliphatic carbocycles. The molecule has 1 aromatic carbocycles. The van der Waals surface area contributed by atoms with Crippen molar-refractivity contribution < 1.29 is 9.59 Å². The zero-order valence-corrected chi connectivity index (χ0v) is 17.8. The molecule has 3 heterocycles. The fourth-order valence-electron chi connectivity index (χ4n) is 3.29. The molecule has 0 spiro atoms. The van der Waals surface area contributed by atoms with E-state index in [4.69, 9.17) is 17.3 Å². The van der Waals surface area contributed by atoms with E-state index in [0.717, 1.165) is 22.6 Å². The number of benzene rings is 1. The maximum absolute atomic E-state index is 12.9. The minimum absolute atomic E-state index is 0.240. The van der Waals surface area contributed by atoms with Gasteiger partial charge in [0.25, 0.3) is 11.8 Å². The van der Waals surface area contributed by atoms with Crippen LogP contribution in [0.2, 0.25) is 5.02 Å². The van der Waals surface area contributed by atoms with Crippen LogP contribution in [0.4, 0.5) is 5.13 Å². The number of hydrogen-bond acceptors (Lipinski definition) is 4. The number of nitrogens with two attached hydrogens (primary N) is 1. The van der Waals surface area contributed by atoms with E-state index in [1.807, 2.05) is 48.7 Å². The third-order valence-electron chi connectivity index (χ3n) is 4.73. The number of thiazole rings is 1. The lowest BCUT2D eigenvalue weighted by atomic mass is 10.2. The molecule has 0 radical (unpaired) electrons. The Kier molecular flexibility index (Phi) is 5.19. The van der Waals surface area contributed by atoms with E-state index < -0.39 is 5.91 Å². The number of anilines is 1. The standard InChI is InChI=1S/C21H18ClN5O2S/c1-11-7-16(12(2)27(11)15-5-3-14(22)4-6-15)20(29)26-21-25-18(10-30-21)13-8-17(19(23)28)24-9-13/h3-10,24H,1-2H3,(H2,23,28)(H,25,26,29). The zero-order valence-electron chi connectivity index (χ0n) is 16.2. The van der Waals surface area contributed by atoms with Gasteiger partial charge in [-0.2, -0.15) is 0 Å². The van der Waals surface area contributed by atoms with E-state index in [9.17, 15) is 9.59 Å². The second-order valence-electron chi connectivity index (χ2n) is 6.75. The van der Waals surface area contributed by atoms with Gasteiger partial charge in [-0.05, 0) is 50.2 Å². The molecule has 0 saturated heterocycles. The lowest BCUT2D eigenvalue weighted by Gasteiger charge is -2.10. The Morgan fingerprint density at radius 2 is 1.93 bits per heavy atom. The van der Waals surface area contributed by atoms with Crippen molar-refractivity contribution in [2.24, 2.45) is 5.73 Å². The number of hydrogen-bond donors (Lipinski definition) is 3. The lowest BCUT2D eigenvalue weighted by molar-refractivity contribution is 0.0994. The van der Waals surface area contributed by atoms with Crippen molar-refractivity contribution in [1.29, 1.82) is 0 Å². The first kappa shape index (κ1) is 19.9. The van der Waals surface area contributed by atoms with Gasteiger partial charge in [0.15, 0.2) is 5.13 Å². The van der Waals surface area contributed by atoms with Crippen LogP contribution in [0.3, 0.4) is 0 Å². The van der Waals surface area contributed by atoms with Crippen LogP contribution in [0, 0.1) is 13.8 Å². The highest BCUT2D eigenvalue weighted by Gasteiger charge is 2.18. The summed E-state index contributed by atoms with van der Waals surface area (Å²) in [5.74, 6) is -0.780. The molecule has 0 atom stereocenters. The molecule has 9 heteroatoms. The Balaban J connectivity index is 1.56. The SMILES string of the molecule is Cc1cc(C(=O)Nc2nc(-c3c[nH]c(C(N)=O)c3)cs2)c(C)n1-c1ccc(Cl)cc1. The smallest absolute Gasteiger partial charge is 0.265 e. The molecule has 2 amide bonds. The number of nitrogens with one attached hydrogen (secondary N) is 2. The molecule has 4 aromatic rings. The van der Waals surface area contributed by atoms with Gasteiger partial charge >= 0.3 is 0 Å². The van der Waals surface area contributed by atoms with Gasteiger partial charge in [-0.1, -0.05) is 11.6 Å².